The molecule has 94 valence electrons. The number of nitrogens with one attached hydrogen (secondary N) is 1. The lowest BCUT2D eigenvalue weighted by Gasteiger charge is -2.14. The van der Waals surface area contributed by atoms with Gasteiger partial charge in [-0.1, -0.05) is 29.8 Å². The van der Waals surface area contributed by atoms with Crippen molar-refractivity contribution in [3.8, 4) is 0 Å². The minimum absolute atomic E-state index is 0.174. The number of rotatable bonds is 6. The summed E-state index contributed by atoms with van der Waals surface area (Å²) in [7, 11) is 0. The minimum atomic E-state index is 0.174. The largest absolute Gasteiger partial charge is 0.467 e. The number of benzene rings is 1. The van der Waals surface area contributed by atoms with Crippen molar-refractivity contribution in [2.24, 2.45) is 0 Å². The van der Waals surface area contributed by atoms with E-state index in [2.05, 4.69) is 36.2 Å². The minimum Gasteiger partial charge on any atom is -0.467 e. The van der Waals surface area contributed by atoms with E-state index in [-0.39, 0.29) is 5.92 Å². The molecule has 3 nitrogen and oxygen atoms in total. The molecule has 0 fully saturated rings. The molecule has 1 heterocycles. The van der Waals surface area contributed by atoms with Crippen molar-refractivity contribution in [3.05, 3.63) is 59.4 Å². The van der Waals surface area contributed by atoms with Crippen molar-refractivity contribution in [1.29, 1.82) is 0 Å². The lowest BCUT2D eigenvalue weighted by atomic mass is 9.96. The maximum absolute atomic E-state index is 10.3. The van der Waals surface area contributed by atoms with Crippen molar-refractivity contribution >= 4 is 6.47 Å². The number of aryl methyl sites for hydroxylation is 1. The van der Waals surface area contributed by atoms with Gasteiger partial charge in [-0.15, -0.1) is 0 Å². The van der Waals surface area contributed by atoms with Gasteiger partial charge in [0, 0.05) is 17.8 Å². The summed E-state index contributed by atoms with van der Waals surface area (Å²) in [5, 5.41) is 0. The molecule has 0 saturated carbocycles. The monoisotopic (exact) mass is 243 g/mol. The lowest BCUT2D eigenvalue weighted by Crippen LogP contribution is -2.11. The molecule has 3 heteroatoms. The molecule has 1 atom stereocenters. The van der Waals surface area contributed by atoms with E-state index in [9.17, 15) is 4.79 Å². The summed E-state index contributed by atoms with van der Waals surface area (Å²) in [6.07, 6.45) is 2.74. The molecule has 0 radical (unpaired) electrons. The molecule has 1 aromatic heterocycles. The second kappa shape index (κ2) is 6.05. The third-order valence-electron chi connectivity index (χ3n) is 3.03. The number of hydrogen-bond donors (Lipinski definition) is 1. The van der Waals surface area contributed by atoms with E-state index in [1.807, 2.05) is 18.3 Å². The summed E-state index contributed by atoms with van der Waals surface area (Å²) in [6, 6.07) is 12.4. The molecule has 1 N–H and O–H groups in total. The zero-order valence-electron chi connectivity index (χ0n) is 10.4. The standard InChI is InChI=1S/C15H17NO2/c1-12-4-6-13(7-5-12)9-14(10-18-11-17)15-3-2-8-16-15/h2-8,11,14,16H,9-10H2,1H3. The Bertz CT molecular complexity index is 474. The van der Waals surface area contributed by atoms with Crippen LogP contribution in [0.15, 0.2) is 42.6 Å². The Morgan fingerprint density at radius 1 is 1.28 bits per heavy atom. The zero-order chi connectivity index (χ0) is 12.8. The van der Waals surface area contributed by atoms with Crippen LogP contribution in [0.4, 0.5) is 0 Å². The smallest absolute Gasteiger partial charge is 0.293 e. The number of ether oxygens (including phenoxy) is 1. The molecule has 0 aliphatic rings. The van der Waals surface area contributed by atoms with E-state index in [0.29, 0.717) is 13.1 Å². The quantitative estimate of drug-likeness (QED) is 0.793. The normalized spacial score (nSPS) is 12.1. The van der Waals surface area contributed by atoms with E-state index >= 15 is 0 Å². The molecule has 0 aliphatic carbocycles. The van der Waals surface area contributed by atoms with Crippen LogP contribution < -0.4 is 0 Å². The summed E-state index contributed by atoms with van der Waals surface area (Å²) in [4.78, 5) is 13.5. The third kappa shape index (κ3) is 3.23. The predicted molar refractivity (Wildman–Crippen MR) is 70.4 cm³/mol. The fourth-order valence-electron chi connectivity index (χ4n) is 2.02. The number of hydrogen-bond acceptors (Lipinski definition) is 2. The van der Waals surface area contributed by atoms with E-state index in [4.69, 9.17) is 4.74 Å². The summed E-state index contributed by atoms with van der Waals surface area (Å²) >= 11 is 0. The Morgan fingerprint density at radius 3 is 2.67 bits per heavy atom. The summed E-state index contributed by atoms with van der Waals surface area (Å²) < 4.78 is 4.91. The zero-order valence-corrected chi connectivity index (χ0v) is 10.4. The Kier molecular flexibility index (Phi) is 4.18. The fraction of sp³-hybridized carbons (Fsp3) is 0.267. The molecule has 0 saturated heterocycles. The van der Waals surface area contributed by atoms with Gasteiger partial charge in [0.2, 0.25) is 0 Å². The highest BCUT2D eigenvalue weighted by atomic mass is 16.5. The molecule has 1 aromatic carbocycles. The van der Waals surface area contributed by atoms with E-state index < -0.39 is 0 Å². The first-order valence-corrected chi connectivity index (χ1v) is 6.03. The Labute approximate surface area is 107 Å². The van der Waals surface area contributed by atoms with Crippen molar-refractivity contribution < 1.29 is 9.53 Å². The summed E-state index contributed by atoms with van der Waals surface area (Å²) in [5.41, 5.74) is 3.59. The first-order chi connectivity index (χ1) is 8.79. The Morgan fingerprint density at radius 2 is 2.06 bits per heavy atom. The number of aromatic amines is 1. The molecule has 2 aromatic rings. The molecule has 0 spiro atoms. The van der Waals surface area contributed by atoms with E-state index in [0.717, 1.165) is 12.1 Å². The van der Waals surface area contributed by atoms with Crippen LogP contribution in [-0.4, -0.2) is 18.1 Å². The van der Waals surface area contributed by atoms with Gasteiger partial charge < -0.3 is 9.72 Å². The number of aromatic nitrogens is 1. The van der Waals surface area contributed by atoms with Crippen LogP contribution in [0, 0.1) is 6.92 Å². The van der Waals surface area contributed by atoms with E-state index in [1.165, 1.54) is 11.1 Å². The summed E-state index contributed by atoms with van der Waals surface area (Å²) in [6.45, 7) is 2.98. The van der Waals surface area contributed by atoms with Gasteiger partial charge in [-0.2, -0.15) is 0 Å². The van der Waals surface area contributed by atoms with Gasteiger partial charge in [0.25, 0.3) is 6.47 Å². The van der Waals surface area contributed by atoms with Gasteiger partial charge in [-0.3, -0.25) is 4.79 Å². The number of carbonyl (C=O) groups excluding carboxylic acids is 1. The second-order valence-corrected chi connectivity index (χ2v) is 4.44. The molecule has 0 bridgehead atoms. The van der Waals surface area contributed by atoms with Crippen LogP contribution in [0.5, 0.6) is 0 Å². The maximum atomic E-state index is 10.3. The highest BCUT2D eigenvalue weighted by Gasteiger charge is 2.13. The van der Waals surface area contributed by atoms with Crippen LogP contribution in [0.1, 0.15) is 22.7 Å². The highest BCUT2D eigenvalue weighted by Crippen LogP contribution is 2.20. The van der Waals surface area contributed by atoms with Crippen LogP contribution in [-0.2, 0) is 16.0 Å². The topological polar surface area (TPSA) is 42.1 Å². The molecule has 1 unspecified atom stereocenters. The predicted octanol–water partition coefficient (Wildman–Crippen LogP) is 2.82. The maximum Gasteiger partial charge on any atom is 0.293 e. The molecular weight excluding hydrogens is 226 g/mol. The van der Waals surface area contributed by atoms with Crippen molar-refractivity contribution in [2.45, 2.75) is 19.3 Å². The van der Waals surface area contributed by atoms with Crippen LogP contribution in [0.2, 0.25) is 0 Å². The van der Waals surface area contributed by atoms with Crippen molar-refractivity contribution in [3.63, 3.8) is 0 Å². The second-order valence-electron chi connectivity index (χ2n) is 4.44. The average molecular weight is 243 g/mol. The van der Waals surface area contributed by atoms with Gasteiger partial charge in [0.15, 0.2) is 0 Å². The number of carbonyl (C=O) groups is 1. The van der Waals surface area contributed by atoms with Crippen LogP contribution >= 0.6 is 0 Å². The molecule has 0 amide bonds. The van der Waals surface area contributed by atoms with Gasteiger partial charge in [0.1, 0.15) is 0 Å². The number of H-pyrrole nitrogens is 1. The summed E-state index contributed by atoms with van der Waals surface area (Å²) in [5.74, 6) is 0.174. The Hall–Kier alpha value is -2.03. The average Bonchev–Trinajstić information content (AvgIpc) is 2.90. The third-order valence-corrected chi connectivity index (χ3v) is 3.03. The van der Waals surface area contributed by atoms with Crippen molar-refractivity contribution in [1.82, 2.24) is 4.98 Å². The van der Waals surface area contributed by atoms with Crippen LogP contribution in [0.3, 0.4) is 0 Å². The van der Waals surface area contributed by atoms with Gasteiger partial charge >= 0.3 is 0 Å². The van der Waals surface area contributed by atoms with Gasteiger partial charge in [-0.25, -0.2) is 0 Å². The fourth-order valence-corrected chi connectivity index (χ4v) is 2.02. The van der Waals surface area contributed by atoms with Gasteiger partial charge in [0.05, 0.1) is 6.61 Å². The highest BCUT2D eigenvalue weighted by molar-refractivity contribution is 5.37. The van der Waals surface area contributed by atoms with Crippen LogP contribution in [0.25, 0.3) is 0 Å². The SMILES string of the molecule is Cc1ccc(CC(COC=O)c2ccc[nH]2)cc1. The molecule has 18 heavy (non-hydrogen) atoms. The van der Waals surface area contributed by atoms with Crippen molar-refractivity contribution in [2.75, 3.05) is 6.61 Å². The molecule has 2 rings (SSSR count). The first kappa shape index (κ1) is 12.4. The molecule has 0 aliphatic heterocycles. The lowest BCUT2D eigenvalue weighted by molar-refractivity contribution is -0.129. The van der Waals surface area contributed by atoms with Gasteiger partial charge in [-0.05, 0) is 31.0 Å². The molecular formula is C15H17NO2. The Balaban J connectivity index is 2.09. The van der Waals surface area contributed by atoms with E-state index in [1.54, 1.807) is 0 Å². The first-order valence-electron chi connectivity index (χ1n) is 6.03.